The number of likely N-dealkylation sites (tertiary alicyclic amines) is 1. The summed E-state index contributed by atoms with van der Waals surface area (Å²) in [5, 5.41) is 0.884. The van der Waals surface area contributed by atoms with Crippen molar-refractivity contribution in [1.82, 2.24) is 19.4 Å². The van der Waals surface area contributed by atoms with Crippen LogP contribution in [0.3, 0.4) is 0 Å². The molecule has 0 unspecified atom stereocenters. The van der Waals surface area contributed by atoms with Crippen molar-refractivity contribution in [1.29, 1.82) is 0 Å². The number of nitrogens with zero attached hydrogens (tertiary/aromatic N) is 3. The summed E-state index contributed by atoms with van der Waals surface area (Å²) in [5.74, 6) is 0.690. The summed E-state index contributed by atoms with van der Waals surface area (Å²) < 4.78 is 7.85. The summed E-state index contributed by atoms with van der Waals surface area (Å²) in [4.78, 5) is 22.5. The maximum atomic E-state index is 12.5. The number of para-hydroxylation sites is 1. The van der Waals surface area contributed by atoms with Crippen molar-refractivity contribution in [3.05, 3.63) is 64.5 Å². The van der Waals surface area contributed by atoms with E-state index in [1.54, 1.807) is 0 Å². The molecule has 0 amide bonds. The van der Waals surface area contributed by atoms with Crippen LogP contribution in [0.1, 0.15) is 30.4 Å². The smallest absolute Gasteiger partial charge is 0.294 e. The number of rotatable bonds is 3. The topological polar surface area (TPSA) is 67.1 Å². The number of aromatic amines is 1. The first-order chi connectivity index (χ1) is 12.7. The number of hydrogen-bond acceptors (Lipinski definition) is 4. The molecule has 6 nitrogen and oxygen atoms in total. The van der Waals surface area contributed by atoms with Gasteiger partial charge >= 0.3 is 0 Å². The standard InChI is InChI=1S/C20H20N4O2/c1-23-10-4-7-14(23)15-8-5-11-24(15)12-17-21-18-13-6-2-3-9-16(13)26-19(18)20(25)22-17/h2-4,6-7,9-10,15H,5,8,11-12H2,1H3,(H,21,22,25)/t15-/m0/s1. The highest BCUT2D eigenvalue weighted by molar-refractivity contribution is 6.01. The van der Waals surface area contributed by atoms with Gasteiger partial charge in [-0.25, -0.2) is 4.98 Å². The van der Waals surface area contributed by atoms with Crippen molar-refractivity contribution >= 4 is 22.1 Å². The fourth-order valence-electron chi connectivity index (χ4n) is 4.09. The van der Waals surface area contributed by atoms with Gasteiger partial charge in [-0.15, -0.1) is 0 Å². The van der Waals surface area contributed by atoms with Gasteiger partial charge in [0.2, 0.25) is 5.58 Å². The SMILES string of the molecule is Cn1cccc1[C@@H]1CCCN1Cc1nc2c(oc3ccccc32)c(=O)[nH]1. The third kappa shape index (κ3) is 2.37. The molecule has 1 N–H and O–H groups in total. The Hall–Kier alpha value is -2.86. The van der Waals surface area contributed by atoms with Crippen LogP contribution in [-0.2, 0) is 13.6 Å². The van der Waals surface area contributed by atoms with Gasteiger partial charge in [-0.3, -0.25) is 9.69 Å². The van der Waals surface area contributed by atoms with Gasteiger partial charge in [0, 0.05) is 24.3 Å². The molecule has 0 radical (unpaired) electrons. The van der Waals surface area contributed by atoms with Crippen molar-refractivity contribution in [2.45, 2.75) is 25.4 Å². The average Bonchev–Trinajstić information content (AvgIpc) is 3.34. The number of H-pyrrole nitrogens is 1. The van der Waals surface area contributed by atoms with E-state index in [2.05, 4.69) is 39.8 Å². The van der Waals surface area contributed by atoms with Crippen LogP contribution in [0.15, 0.2) is 51.8 Å². The maximum absolute atomic E-state index is 12.5. The van der Waals surface area contributed by atoms with E-state index >= 15 is 0 Å². The molecule has 1 atom stereocenters. The van der Waals surface area contributed by atoms with Crippen LogP contribution >= 0.6 is 0 Å². The number of aryl methyl sites for hydroxylation is 1. The molecule has 1 aliphatic heterocycles. The van der Waals surface area contributed by atoms with Gasteiger partial charge in [-0.05, 0) is 43.7 Å². The fraction of sp³-hybridized carbons (Fsp3) is 0.300. The Balaban J connectivity index is 1.54. The van der Waals surface area contributed by atoms with Crippen LogP contribution in [0, 0.1) is 0 Å². The third-order valence-corrected chi connectivity index (χ3v) is 5.32. The monoisotopic (exact) mass is 348 g/mol. The van der Waals surface area contributed by atoms with Crippen LogP contribution in [0.2, 0.25) is 0 Å². The van der Waals surface area contributed by atoms with E-state index in [4.69, 9.17) is 9.40 Å². The first-order valence-corrected chi connectivity index (χ1v) is 8.96. The van der Waals surface area contributed by atoms with E-state index in [1.165, 1.54) is 5.69 Å². The van der Waals surface area contributed by atoms with E-state index in [0.29, 0.717) is 35.1 Å². The van der Waals surface area contributed by atoms with Gasteiger partial charge in [0.25, 0.3) is 5.56 Å². The van der Waals surface area contributed by atoms with E-state index in [1.807, 2.05) is 24.3 Å². The second-order valence-electron chi connectivity index (χ2n) is 6.96. The molecular formula is C20H20N4O2. The molecule has 0 spiro atoms. The van der Waals surface area contributed by atoms with Gasteiger partial charge < -0.3 is 14.0 Å². The summed E-state index contributed by atoms with van der Waals surface area (Å²) in [5.41, 5.74) is 2.74. The highest BCUT2D eigenvalue weighted by Crippen LogP contribution is 2.33. The summed E-state index contributed by atoms with van der Waals surface area (Å²) in [6, 6.07) is 12.3. The van der Waals surface area contributed by atoms with Crippen molar-refractivity contribution < 1.29 is 4.42 Å². The van der Waals surface area contributed by atoms with E-state index < -0.39 is 0 Å². The molecule has 0 saturated carbocycles. The van der Waals surface area contributed by atoms with Crippen LogP contribution in [0.5, 0.6) is 0 Å². The molecule has 0 bridgehead atoms. The minimum atomic E-state index is -0.212. The normalized spacial score (nSPS) is 18.3. The molecule has 1 aromatic carbocycles. The van der Waals surface area contributed by atoms with Crippen molar-refractivity contribution in [3.63, 3.8) is 0 Å². The Morgan fingerprint density at radius 2 is 2.15 bits per heavy atom. The molecule has 1 aliphatic rings. The zero-order valence-corrected chi connectivity index (χ0v) is 14.6. The lowest BCUT2D eigenvalue weighted by molar-refractivity contribution is 0.235. The average molecular weight is 348 g/mol. The Labute approximate surface area is 150 Å². The summed E-state index contributed by atoms with van der Waals surface area (Å²) in [6.45, 7) is 1.63. The summed E-state index contributed by atoms with van der Waals surface area (Å²) in [6.07, 6.45) is 4.35. The molecule has 3 aromatic heterocycles. The van der Waals surface area contributed by atoms with Gasteiger partial charge in [0.05, 0.1) is 12.6 Å². The van der Waals surface area contributed by atoms with Crippen LogP contribution in [-0.4, -0.2) is 26.0 Å². The summed E-state index contributed by atoms with van der Waals surface area (Å²) in [7, 11) is 2.08. The highest BCUT2D eigenvalue weighted by Gasteiger charge is 2.28. The molecule has 26 heavy (non-hydrogen) atoms. The van der Waals surface area contributed by atoms with E-state index in [9.17, 15) is 4.79 Å². The Bertz CT molecular complexity index is 1150. The number of nitrogens with one attached hydrogen (secondary N) is 1. The second-order valence-corrected chi connectivity index (χ2v) is 6.96. The Morgan fingerprint density at radius 3 is 3.00 bits per heavy atom. The summed E-state index contributed by atoms with van der Waals surface area (Å²) >= 11 is 0. The van der Waals surface area contributed by atoms with Gasteiger partial charge in [0.15, 0.2) is 0 Å². The number of furan rings is 1. The minimum Gasteiger partial charge on any atom is -0.449 e. The van der Waals surface area contributed by atoms with Gasteiger partial charge in [0.1, 0.15) is 16.9 Å². The quantitative estimate of drug-likeness (QED) is 0.617. The van der Waals surface area contributed by atoms with Crippen molar-refractivity contribution in [2.75, 3.05) is 6.54 Å². The molecule has 6 heteroatoms. The molecule has 132 valence electrons. The molecule has 1 saturated heterocycles. The minimum absolute atomic E-state index is 0.212. The predicted octanol–water partition coefficient (Wildman–Crippen LogP) is 3.34. The Kier molecular flexibility index (Phi) is 3.46. The third-order valence-electron chi connectivity index (χ3n) is 5.32. The number of benzene rings is 1. The molecule has 1 fully saturated rings. The lowest BCUT2D eigenvalue weighted by Crippen LogP contribution is -2.26. The highest BCUT2D eigenvalue weighted by atomic mass is 16.3. The second kappa shape index (κ2) is 5.85. The number of hydrogen-bond donors (Lipinski definition) is 1. The fourth-order valence-corrected chi connectivity index (χ4v) is 4.09. The molecule has 0 aliphatic carbocycles. The van der Waals surface area contributed by atoms with E-state index in [-0.39, 0.29) is 5.56 Å². The maximum Gasteiger partial charge on any atom is 0.294 e. The Morgan fingerprint density at radius 1 is 1.27 bits per heavy atom. The number of fused-ring (bicyclic) bond motifs is 3. The van der Waals surface area contributed by atoms with Crippen LogP contribution in [0.25, 0.3) is 22.1 Å². The van der Waals surface area contributed by atoms with E-state index in [0.717, 1.165) is 24.8 Å². The zero-order valence-electron chi connectivity index (χ0n) is 14.6. The van der Waals surface area contributed by atoms with Gasteiger partial charge in [-0.1, -0.05) is 12.1 Å². The van der Waals surface area contributed by atoms with Crippen LogP contribution in [0.4, 0.5) is 0 Å². The largest absolute Gasteiger partial charge is 0.449 e. The van der Waals surface area contributed by atoms with Crippen LogP contribution < -0.4 is 5.56 Å². The number of aromatic nitrogens is 3. The lowest BCUT2D eigenvalue weighted by Gasteiger charge is -2.24. The molecular weight excluding hydrogens is 328 g/mol. The molecule has 4 aromatic rings. The zero-order chi connectivity index (χ0) is 17.7. The first-order valence-electron chi connectivity index (χ1n) is 8.96. The predicted molar refractivity (Wildman–Crippen MR) is 99.9 cm³/mol. The first kappa shape index (κ1) is 15.4. The van der Waals surface area contributed by atoms with Crippen molar-refractivity contribution in [2.24, 2.45) is 7.05 Å². The lowest BCUT2D eigenvalue weighted by atomic mass is 10.1. The van der Waals surface area contributed by atoms with Crippen molar-refractivity contribution in [3.8, 4) is 0 Å². The molecule has 4 heterocycles. The molecule has 5 rings (SSSR count). The van der Waals surface area contributed by atoms with Gasteiger partial charge in [-0.2, -0.15) is 0 Å².